The monoisotopic (exact) mass is 477 g/mol. The van der Waals surface area contributed by atoms with Crippen molar-refractivity contribution < 1.29 is 19.4 Å². The van der Waals surface area contributed by atoms with Gasteiger partial charge in [0.2, 0.25) is 0 Å². The minimum atomic E-state index is -0.246. The van der Waals surface area contributed by atoms with Crippen molar-refractivity contribution in [3.63, 3.8) is 0 Å². The van der Waals surface area contributed by atoms with Gasteiger partial charge in [0.05, 0.1) is 36.3 Å². The Morgan fingerprint density at radius 2 is 1.77 bits per heavy atom. The highest BCUT2D eigenvalue weighted by Gasteiger charge is 2.41. The number of nitrogens with one attached hydrogen (secondary N) is 1. The summed E-state index contributed by atoms with van der Waals surface area (Å²) in [5.41, 5.74) is 3.78. The molecular formula is C28H35N3O4. The van der Waals surface area contributed by atoms with E-state index in [0.717, 1.165) is 41.2 Å². The number of hydrogen-bond acceptors (Lipinski definition) is 5. The number of benzene rings is 2. The topological polar surface area (TPSA) is 85.6 Å². The van der Waals surface area contributed by atoms with Crippen LogP contribution >= 0.6 is 0 Å². The van der Waals surface area contributed by atoms with Crippen LogP contribution in [0.1, 0.15) is 62.5 Å². The van der Waals surface area contributed by atoms with E-state index < -0.39 is 0 Å². The zero-order valence-electron chi connectivity index (χ0n) is 21.2. The summed E-state index contributed by atoms with van der Waals surface area (Å²) in [7, 11) is 1.66. The Bertz CT molecular complexity index is 1170. The van der Waals surface area contributed by atoms with Crippen LogP contribution in [0, 0.1) is 0 Å². The lowest BCUT2D eigenvalue weighted by atomic mass is 9.79. The molecule has 0 bridgehead atoms. The Morgan fingerprint density at radius 1 is 1.11 bits per heavy atom. The van der Waals surface area contributed by atoms with Crippen LogP contribution < -0.4 is 10.1 Å². The number of aromatic nitrogens is 2. The van der Waals surface area contributed by atoms with Gasteiger partial charge in [-0.1, -0.05) is 24.3 Å². The second-order valence-corrected chi connectivity index (χ2v) is 10.3. The van der Waals surface area contributed by atoms with E-state index in [4.69, 9.17) is 19.7 Å². The lowest BCUT2D eigenvalue weighted by Crippen LogP contribution is -2.44. The first-order valence-corrected chi connectivity index (χ1v) is 12.1. The van der Waals surface area contributed by atoms with Crippen LogP contribution in [-0.4, -0.2) is 52.3 Å². The highest BCUT2D eigenvalue weighted by atomic mass is 16.5. The van der Waals surface area contributed by atoms with E-state index in [0.29, 0.717) is 5.56 Å². The lowest BCUT2D eigenvalue weighted by molar-refractivity contribution is -0.162. The average Bonchev–Trinajstić information content (AvgIpc) is 3.26. The van der Waals surface area contributed by atoms with Crippen molar-refractivity contribution in [2.45, 2.75) is 57.7 Å². The second-order valence-electron chi connectivity index (χ2n) is 10.3. The molecule has 7 heteroatoms. The molecule has 0 spiro atoms. The van der Waals surface area contributed by atoms with Crippen molar-refractivity contribution in [2.75, 3.05) is 20.3 Å². The predicted octanol–water partition coefficient (Wildman–Crippen LogP) is 4.72. The molecule has 7 nitrogen and oxygen atoms in total. The van der Waals surface area contributed by atoms with Crippen molar-refractivity contribution >= 4 is 5.91 Å². The van der Waals surface area contributed by atoms with Crippen LogP contribution in [0.4, 0.5) is 0 Å². The van der Waals surface area contributed by atoms with Gasteiger partial charge in [0.1, 0.15) is 11.4 Å². The number of nitrogens with zero attached hydrogens (tertiary/aromatic N) is 2. The second kappa shape index (κ2) is 9.84. The SMILES string of the molecule is COc1ccccc1-n1nc(C2CC(C)(C)OC(C)(C)C2)cc1-c1ccc(C(=O)NCCO)cc1. The Kier molecular flexibility index (Phi) is 7.01. The molecule has 1 fully saturated rings. The molecule has 1 saturated heterocycles. The Morgan fingerprint density at radius 3 is 2.40 bits per heavy atom. The first-order valence-electron chi connectivity index (χ1n) is 12.1. The number of para-hydroxylation sites is 2. The van der Waals surface area contributed by atoms with E-state index in [2.05, 4.69) is 39.1 Å². The van der Waals surface area contributed by atoms with Gasteiger partial charge in [-0.15, -0.1) is 0 Å². The van der Waals surface area contributed by atoms with Gasteiger partial charge in [-0.3, -0.25) is 4.79 Å². The molecule has 0 aliphatic carbocycles. The Hall–Kier alpha value is -3.16. The van der Waals surface area contributed by atoms with Crippen molar-refractivity contribution in [1.29, 1.82) is 0 Å². The number of amides is 1. The molecule has 2 heterocycles. The summed E-state index contributed by atoms with van der Waals surface area (Å²) >= 11 is 0. The van der Waals surface area contributed by atoms with Gasteiger partial charge >= 0.3 is 0 Å². The maximum atomic E-state index is 12.3. The molecule has 3 aromatic rings. The number of ether oxygens (including phenoxy) is 2. The fourth-order valence-electron chi connectivity index (χ4n) is 5.16. The molecule has 1 amide bonds. The number of aliphatic hydroxyl groups is 1. The fourth-order valence-corrected chi connectivity index (χ4v) is 5.16. The molecule has 2 aromatic carbocycles. The van der Waals surface area contributed by atoms with E-state index in [-0.39, 0.29) is 36.2 Å². The van der Waals surface area contributed by atoms with Gasteiger partial charge in [-0.25, -0.2) is 4.68 Å². The third kappa shape index (κ3) is 5.57. The van der Waals surface area contributed by atoms with Crippen molar-refractivity contribution in [1.82, 2.24) is 15.1 Å². The zero-order valence-corrected chi connectivity index (χ0v) is 21.2. The molecule has 0 atom stereocenters. The van der Waals surface area contributed by atoms with E-state index in [9.17, 15) is 4.79 Å². The first-order chi connectivity index (χ1) is 16.6. The third-order valence-corrected chi connectivity index (χ3v) is 6.33. The Balaban J connectivity index is 1.77. The maximum absolute atomic E-state index is 12.3. The molecule has 1 aliphatic rings. The zero-order chi connectivity index (χ0) is 25.2. The fraction of sp³-hybridized carbons (Fsp3) is 0.429. The minimum Gasteiger partial charge on any atom is -0.494 e. The first kappa shape index (κ1) is 24.9. The number of carbonyl (C=O) groups excluding carboxylic acids is 1. The van der Waals surface area contributed by atoms with Gasteiger partial charge in [-0.05, 0) is 70.9 Å². The van der Waals surface area contributed by atoms with Crippen LogP contribution in [-0.2, 0) is 4.74 Å². The number of carbonyl (C=O) groups is 1. The summed E-state index contributed by atoms with van der Waals surface area (Å²) in [6, 6.07) is 17.4. The maximum Gasteiger partial charge on any atom is 0.251 e. The molecule has 35 heavy (non-hydrogen) atoms. The van der Waals surface area contributed by atoms with Crippen LogP contribution in [0.15, 0.2) is 54.6 Å². The van der Waals surface area contributed by atoms with E-state index in [1.54, 1.807) is 19.2 Å². The van der Waals surface area contributed by atoms with Crippen molar-refractivity contribution in [2.24, 2.45) is 0 Å². The van der Waals surface area contributed by atoms with Gasteiger partial charge in [-0.2, -0.15) is 5.10 Å². The van der Waals surface area contributed by atoms with Gasteiger partial charge in [0.25, 0.3) is 5.91 Å². The number of methoxy groups -OCH3 is 1. The summed E-state index contributed by atoms with van der Waals surface area (Å²) in [4.78, 5) is 12.3. The average molecular weight is 478 g/mol. The Labute approximate surface area is 207 Å². The van der Waals surface area contributed by atoms with Crippen LogP contribution in [0.25, 0.3) is 16.9 Å². The summed E-state index contributed by atoms with van der Waals surface area (Å²) in [6.45, 7) is 8.69. The molecule has 2 N–H and O–H groups in total. The molecule has 1 aliphatic heterocycles. The molecule has 1 aromatic heterocycles. The van der Waals surface area contributed by atoms with Crippen molar-refractivity contribution in [3.05, 3.63) is 65.9 Å². The standard InChI is InChI=1S/C28H35N3O4/c1-27(2)17-21(18-28(3,4)35-27)22-16-24(31(30-22)23-8-6-7-9-25(23)34-5)19-10-12-20(13-11-19)26(33)29-14-15-32/h6-13,16,21,32H,14-15,17-18H2,1-5H3,(H,29,33). The predicted molar refractivity (Wildman–Crippen MR) is 136 cm³/mol. The molecule has 0 radical (unpaired) electrons. The van der Waals surface area contributed by atoms with Crippen LogP contribution in [0.3, 0.4) is 0 Å². The van der Waals surface area contributed by atoms with Crippen molar-refractivity contribution in [3.8, 4) is 22.7 Å². The van der Waals surface area contributed by atoms with Gasteiger partial charge < -0.3 is 19.9 Å². The number of aliphatic hydroxyl groups excluding tert-OH is 1. The lowest BCUT2D eigenvalue weighted by Gasteiger charge is -2.45. The highest BCUT2D eigenvalue weighted by Crippen LogP contribution is 2.44. The third-order valence-electron chi connectivity index (χ3n) is 6.33. The normalized spacial score (nSPS) is 17.2. The smallest absolute Gasteiger partial charge is 0.251 e. The molecule has 0 unspecified atom stereocenters. The van der Waals surface area contributed by atoms with Crippen LogP contribution in [0.5, 0.6) is 5.75 Å². The van der Waals surface area contributed by atoms with Gasteiger partial charge in [0, 0.05) is 23.6 Å². The highest BCUT2D eigenvalue weighted by molar-refractivity contribution is 5.94. The largest absolute Gasteiger partial charge is 0.494 e. The van der Waals surface area contributed by atoms with E-state index in [1.165, 1.54) is 0 Å². The molecule has 186 valence electrons. The summed E-state index contributed by atoms with van der Waals surface area (Å²) < 4.78 is 13.9. The van der Waals surface area contributed by atoms with E-state index >= 15 is 0 Å². The minimum absolute atomic E-state index is 0.0927. The summed E-state index contributed by atoms with van der Waals surface area (Å²) in [5.74, 6) is 0.763. The molecule has 4 rings (SSSR count). The summed E-state index contributed by atoms with van der Waals surface area (Å²) in [6.07, 6.45) is 1.76. The molecule has 0 saturated carbocycles. The van der Waals surface area contributed by atoms with Crippen LogP contribution in [0.2, 0.25) is 0 Å². The summed E-state index contributed by atoms with van der Waals surface area (Å²) in [5, 5.41) is 16.7. The van der Waals surface area contributed by atoms with Gasteiger partial charge in [0.15, 0.2) is 0 Å². The van der Waals surface area contributed by atoms with E-state index in [1.807, 2.05) is 41.1 Å². The number of hydrogen-bond donors (Lipinski definition) is 2. The quantitative estimate of drug-likeness (QED) is 0.514. The number of rotatable bonds is 7. The molecular weight excluding hydrogens is 442 g/mol.